The summed E-state index contributed by atoms with van der Waals surface area (Å²) in [7, 11) is -2.31. The highest BCUT2D eigenvalue weighted by Gasteiger charge is 2.51. The normalized spacial score (nSPS) is 18.4. The van der Waals surface area contributed by atoms with E-state index in [1.165, 1.54) is 6.07 Å². The second-order valence-electron chi connectivity index (χ2n) is 7.00. The number of hydrogen-bond acceptors (Lipinski definition) is 4. The second-order valence-corrected chi connectivity index (χ2v) is 8.65. The van der Waals surface area contributed by atoms with Gasteiger partial charge in [-0.05, 0) is 35.9 Å². The Kier molecular flexibility index (Phi) is 5.51. The van der Waals surface area contributed by atoms with Crippen molar-refractivity contribution < 1.29 is 17.9 Å². The summed E-state index contributed by atoms with van der Waals surface area (Å²) in [5.74, 6) is 6.02. The largest absolute Gasteiger partial charge is 0.497 e. The molecular formula is C24H20N2O4S. The van der Waals surface area contributed by atoms with Crippen molar-refractivity contribution in [2.75, 3.05) is 7.11 Å². The Balaban J connectivity index is 1.71. The van der Waals surface area contributed by atoms with E-state index in [1.54, 1.807) is 49.6 Å². The molecule has 4 rings (SSSR count). The van der Waals surface area contributed by atoms with Crippen molar-refractivity contribution in [3.8, 4) is 17.6 Å². The van der Waals surface area contributed by atoms with Crippen molar-refractivity contribution in [2.24, 2.45) is 0 Å². The number of hydrogen-bond donors (Lipinski definition) is 2. The van der Waals surface area contributed by atoms with Gasteiger partial charge in [-0.3, -0.25) is 4.79 Å². The highest BCUT2D eigenvalue weighted by molar-refractivity contribution is 7.90. The van der Waals surface area contributed by atoms with Gasteiger partial charge in [0.1, 0.15) is 5.75 Å². The lowest BCUT2D eigenvalue weighted by molar-refractivity contribution is -0.125. The molecule has 156 valence electrons. The second kappa shape index (κ2) is 8.26. The molecule has 0 spiro atoms. The molecule has 0 radical (unpaired) electrons. The van der Waals surface area contributed by atoms with Crippen molar-refractivity contribution in [2.45, 2.75) is 17.0 Å². The van der Waals surface area contributed by atoms with Crippen LogP contribution in [0, 0.1) is 11.8 Å². The Morgan fingerprint density at radius 2 is 1.68 bits per heavy atom. The topological polar surface area (TPSA) is 84.5 Å². The smallest absolute Gasteiger partial charge is 0.258 e. The zero-order chi connectivity index (χ0) is 21.9. The monoisotopic (exact) mass is 432 g/mol. The molecule has 0 unspecified atom stereocenters. The minimum absolute atomic E-state index is 0.0527. The molecule has 1 amide bonds. The molecule has 2 N–H and O–H groups in total. The number of nitrogens with one attached hydrogen (secondary N) is 2. The number of fused-ring (bicyclic) bond motifs is 1. The van der Waals surface area contributed by atoms with Crippen LogP contribution in [0.25, 0.3) is 0 Å². The number of sulfonamides is 1. The van der Waals surface area contributed by atoms with Gasteiger partial charge >= 0.3 is 0 Å². The molecule has 7 heteroatoms. The van der Waals surface area contributed by atoms with Crippen LogP contribution in [-0.2, 0) is 26.9 Å². The molecule has 3 aromatic rings. The van der Waals surface area contributed by atoms with Gasteiger partial charge in [0.05, 0.1) is 12.0 Å². The van der Waals surface area contributed by atoms with E-state index in [2.05, 4.69) is 21.9 Å². The first kappa shape index (κ1) is 20.7. The number of rotatable bonds is 4. The standard InChI is InChI=1S/C24H20N2O4S/c1-30-20-13-11-19(12-14-20)17-25-23(27)24(16-15-18-7-3-2-4-8-18)21-9-5-6-10-22(21)31(28,29)26-24/h2-14,26H,17H2,1H3,(H,25,27)/t24-/m0/s1. The average Bonchev–Trinajstić information content (AvgIpc) is 3.05. The summed E-state index contributed by atoms with van der Waals surface area (Å²) in [6.45, 7) is 0.210. The molecular weight excluding hydrogens is 412 g/mol. The first-order valence-electron chi connectivity index (χ1n) is 9.57. The zero-order valence-electron chi connectivity index (χ0n) is 16.8. The third-order valence-corrected chi connectivity index (χ3v) is 6.50. The van der Waals surface area contributed by atoms with Crippen LogP contribution in [0.3, 0.4) is 0 Å². The minimum atomic E-state index is -3.88. The average molecular weight is 433 g/mol. The van der Waals surface area contributed by atoms with Crippen LogP contribution in [-0.4, -0.2) is 21.4 Å². The summed E-state index contributed by atoms with van der Waals surface area (Å²) in [6, 6.07) is 22.7. The molecule has 0 aromatic heterocycles. The predicted octanol–water partition coefficient (Wildman–Crippen LogP) is 2.55. The van der Waals surface area contributed by atoms with Gasteiger partial charge in [0, 0.05) is 17.7 Å². The van der Waals surface area contributed by atoms with Crippen LogP contribution in [0.5, 0.6) is 5.75 Å². The molecule has 1 aliphatic heterocycles. The van der Waals surface area contributed by atoms with E-state index in [-0.39, 0.29) is 11.4 Å². The summed E-state index contributed by atoms with van der Waals surface area (Å²) in [5, 5.41) is 2.82. The van der Waals surface area contributed by atoms with E-state index in [4.69, 9.17) is 4.74 Å². The van der Waals surface area contributed by atoms with Crippen molar-refractivity contribution in [1.29, 1.82) is 0 Å². The van der Waals surface area contributed by atoms with Crippen molar-refractivity contribution in [3.05, 3.63) is 95.6 Å². The molecule has 3 aromatic carbocycles. The first-order valence-corrected chi connectivity index (χ1v) is 11.1. The van der Waals surface area contributed by atoms with E-state index in [0.29, 0.717) is 16.9 Å². The molecule has 0 saturated heterocycles. The maximum absolute atomic E-state index is 13.4. The summed E-state index contributed by atoms with van der Waals surface area (Å²) in [6.07, 6.45) is 0. The van der Waals surface area contributed by atoms with Gasteiger partial charge in [0.25, 0.3) is 5.91 Å². The molecule has 0 fully saturated rings. The first-order chi connectivity index (χ1) is 14.9. The number of benzene rings is 3. The lowest BCUT2D eigenvalue weighted by atomic mass is 9.90. The molecule has 1 atom stereocenters. The lowest BCUT2D eigenvalue weighted by Crippen LogP contribution is -2.51. The molecule has 0 bridgehead atoms. The highest BCUT2D eigenvalue weighted by atomic mass is 32.2. The van der Waals surface area contributed by atoms with Crippen LogP contribution in [0.2, 0.25) is 0 Å². The lowest BCUT2D eigenvalue weighted by Gasteiger charge is -2.22. The Labute approximate surface area is 181 Å². The quantitative estimate of drug-likeness (QED) is 0.621. The number of ether oxygens (including phenoxy) is 1. The third-order valence-electron chi connectivity index (χ3n) is 4.99. The summed E-state index contributed by atoms with van der Waals surface area (Å²) < 4.78 is 33.2. The van der Waals surface area contributed by atoms with Gasteiger partial charge < -0.3 is 10.1 Å². The summed E-state index contributed by atoms with van der Waals surface area (Å²) >= 11 is 0. The molecule has 6 nitrogen and oxygen atoms in total. The minimum Gasteiger partial charge on any atom is -0.497 e. The van der Waals surface area contributed by atoms with Crippen molar-refractivity contribution in [3.63, 3.8) is 0 Å². The molecule has 31 heavy (non-hydrogen) atoms. The Hall–Kier alpha value is -3.60. The summed E-state index contributed by atoms with van der Waals surface area (Å²) in [4.78, 5) is 13.4. The van der Waals surface area contributed by atoms with Gasteiger partial charge in [0.2, 0.25) is 10.0 Å². The summed E-state index contributed by atoms with van der Waals surface area (Å²) in [5.41, 5.74) is 0.103. The van der Waals surface area contributed by atoms with Crippen LogP contribution < -0.4 is 14.8 Å². The van der Waals surface area contributed by atoms with E-state index >= 15 is 0 Å². The van der Waals surface area contributed by atoms with E-state index < -0.39 is 21.5 Å². The molecule has 0 aliphatic carbocycles. The van der Waals surface area contributed by atoms with E-state index in [9.17, 15) is 13.2 Å². The fourth-order valence-corrected chi connectivity index (χ4v) is 4.92. The van der Waals surface area contributed by atoms with Gasteiger partial charge in [0.15, 0.2) is 5.54 Å². The van der Waals surface area contributed by atoms with E-state index in [0.717, 1.165) is 5.56 Å². The van der Waals surface area contributed by atoms with E-state index in [1.807, 2.05) is 30.3 Å². The third kappa shape index (κ3) is 4.04. The van der Waals surface area contributed by atoms with Gasteiger partial charge in [-0.25, -0.2) is 8.42 Å². The maximum Gasteiger partial charge on any atom is 0.258 e. The van der Waals surface area contributed by atoms with Crippen LogP contribution in [0.15, 0.2) is 83.8 Å². The Morgan fingerprint density at radius 3 is 2.39 bits per heavy atom. The Bertz CT molecular complexity index is 1280. The van der Waals surface area contributed by atoms with Crippen LogP contribution in [0.1, 0.15) is 16.7 Å². The fourth-order valence-electron chi connectivity index (χ4n) is 3.39. The highest BCUT2D eigenvalue weighted by Crippen LogP contribution is 2.35. The van der Waals surface area contributed by atoms with Gasteiger partial charge in [-0.1, -0.05) is 60.4 Å². The SMILES string of the molecule is COc1ccc(CNC(=O)[C@@]2(C#Cc3ccccc3)NS(=O)(=O)c3ccccc32)cc1. The van der Waals surface area contributed by atoms with Crippen molar-refractivity contribution in [1.82, 2.24) is 10.0 Å². The number of amides is 1. The molecule has 1 aliphatic rings. The number of methoxy groups -OCH3 is 1. The van der Waals surface area contributed by atoms with Crippen LogP contribution >= 0.6 is 0 Å². The number of carbonyl (C=O) groups is 1. The molecule has 0 saturated carbocycles. The van der Waals surface area contributed by atoms with Gasteiger partial charge in [-0.2, -0.15) is 4.72 Å². The van der Waals surface area contributed by atoms with Crippen LogP contribution in [0.4, 0.5) is 0 Å². The van der Waals surface area contributed by atoms with Gasteiger partial charge in [-0.15, -0.1) is 0 Å². The fraction of sp³-hybridized carbons (Fsp3) is 0.125. The molecule has 1 heterocycles. The number of carbonyl (C=O) groups excluding carboxylic acids is 1. The zero-order valence-corrected chi connectivity index (χ0v) is 17.6. The predicted molar refractivity (Wildman–Crippen MR) is 117 cm³/mol. The maximum atomic E-state index is 13.4. The Morgan fingerprint density at radius 1 is 1.00 bits per heavy atom. The van der Waals surface area contributed by atoms with Crippen molar-refractivity contribution >= 4 is 15.9 Å².